The van der Waals surface area contributed by atoms with Crippen molar-refractivity contribution in [2.75, 3.05) is 26.7 Å². The molecule has 19 heavy (non-hydrogen) atoms. The third-order valence-electron chi connectivity index (χ3n) is 3.54. The summed E-state index contributed by atoms with van der Waals surface area (Å²) >= 11 is 0. The first-order chi connectivity index (χ1) is 9.01. The van der Waals surface area contributed by atoms with Gasteiger partial charge in [-0.2, -0.15) is 0 Å². The van der Waals surface area contributed by atoms with E-state index < -0.39 is 12.0 Å². The molecule has 0 spiro atoms. The van der Waals surface area contributed by atoms with Gasteiger partial charge in [0.25, 0.3) is 0 Å². The van der Waals surface area contributed by atoms with Crippen molar-refractivity contribution in [3.8, 4) is 0 Å². The second-order valence-electron chi connectivity index (χ2n) is 4.83. The highest BCUT2D eigenvalue weighted by molar-refractivity contribution is 5.82. The summed E-state index contributed by atoms with van der Waals surface area (Å²) < 4.78 is 5.52. The first-order valence-electron chi connectivity index (χ1n) is 6.87. The van der Waals surface area contributed by atoms with Crippen molar-refractivity contribution in [2.45, 2.75) is 45.3 Å². The minimum absolute atomic E-state index is 0.0854. The molecule has 1 saturated heterocycles. The number of amides is 2. The first kappa shape index (κ1) is 15.8. The summed E-state index contributed by atoms with van der Waals surface area (Å²) in [7, 11) is 1.54. The van der Waals surface area contributed by atoms with Crippen LogP contribution in [0.15, 0.2) is 0 Å². The highest BCUT2D eigenvalue weighted by Crippen LogP contribution is 2.15. The number of hydrogen-bond acceptors (Lipinski definition) is 3. The van der Waals surface area contributed by atoms with Crippen LogP contribution in [0.4, 0.5) is 4.79 Å². The zero-order valence-electron chi connectivity index (χ0n) is 12.0. The van der Waals surface area contributed by atoms with Gasteiger partial charge in [-0.25, -0.2) is 9.59 Å². The number of carbonyl (C=O) groups is 2. The second-order valence-corrected chi connectivity index (χ2v) is 4.83. The molecule has 0 bridgehead atoms. The summed E-state index contributed by atoms with van der Waals surface area (Å²) in [6, 6.07) is -1.02. The van der Waals surface area contributed by atoms with Crippen LogP contribution < -0.4 is 0 Å². The predicted octanol–water partition coefficient (Wildman–Crippen LogP) is 1.40. The Morgan fingerprint density at radius 2 is 2.11 bits per heavy atom. The normalized spacial score (nSPS) is 20.1. The summed E-state index contributed by atoms with van der Waals surface area (Å²) in [5, 5.41) is 9.09. The van der Waals surface area contributed by atoms with Crippen LogP contribution in [-0.4, -0.2) is 65.8 Å². The molecule has 2 unspecified atom stereocenters. The van der Waals surface area contributed by atoms with Gasteiger partial charge in [0.1, 0.15) is 6.04 Å². The lowest BCUT2D eigenvalue weighted by Crippen LogP contribution is -2.50. The quantitative estimate of drug-likeness (QED) is 0.793. The molecule has 1 heterocycles. The molecular weight excluding hydrogens is 248 g/mol. The second kappa shape index (κ2) is 7.33. The molecule has 1 fully saturated rings. The smallest absolute Gasteiger partial charge is 0.326 e. The molecule has 0 aliphatic carbocycles. The number of carbonyl (C=O) groups excluding carboxylic acids is 1. The number of carboxylic acids is 1. The molecule has 2 amide bonds. The molecule has 0 aromatic heterocycles. The lowest BCUT2D eigenvalue weighted by Gasteiger charge is -2.31. The minimum atomic E-state index is -0.966. The number of likely N-dealkylation sites (N-methyl/N-ethyl adjacent to an activating group) is 2. The molecule has 6 heteroatoms. The maximum atomic E-state index is 12.3. The van der Waals surface area contributed by atoms with Crippen molar-refractivity contribution >= 4 is 12.0 Å². The van der Waals surface area contributed by atoms with E-state index in [1.54, 1.807) is 18.9 Å². The van der Waals surface area contributed by atoms with Gasteiger partial charge in [-0.1, -0.05) is 6.92 Å². The zero-order chi connectivity index (χ0) is 14.4. The van der Waals surface area contributed by atoms with Crippen molar-refractivity contribution in [3.63, 3.8) is 0 Å². The average molecular weight is 272 g/mol. The SMILES string of the molecule is CCC(C(=O)O)N(C)C(=O)N(CC)CC1CCCO1. The summed E-state index contributed by atoms with van der Waals surface area (Å²) in [5.74, 6) is -0.966. The van der Waals surface area contributed by atoms with E-state index in [0.29, 0.717) is 19.5 Å². The van der Waals surface area contributed by atoms with Crippen LogP contribution in [0.3, 0.4) is 0 Å². The van der Waals surface area contributed by atoms with E-state index in [0.717, 1.165) is 19.4 Å². The predicted molar refractivity (Wildman–Crippen MR) is 71.1 cm³/mol. The lowest BCUT2D eigenvalue weighted by molar-refractivity contribution is -0.142. The molecule has 6 nitrogen and oxygen atoms in total. The van der Waals surface area contributed by atoms with Gasteiger partial charge >= 0.3 is 12.0 Å². The van der Waals surface area contributed by atoms with Crippen LogP contribution in [0, 0.1) is 0 Å². The fourth-order valence-corrected chi connectivity index (χ4v) is 2.35. The Morgan fingerprint density at radius 1 is 1.42 bits per heavy atom. The number of rotatable bonds is 6. The van der Waals surface area contributed by atoms with E-state index in [2.05, 4.69) is 0 Å². The number of nitrogens with zero attached hydrogens (tertiary/aromatic N) is 2. The molecule has 1 N–H and O–H groups in total. The third-order valence-corrected chi connectivity index (χ3v) is 3.54. The van der Waals surface area contributed by atoms with Crippen molar-refractivity contribution in [3.05, 3.63) is 0 Å². The maximum Gasteiger partial charge on any atom is 0.326 e. The number of ether oxygens (including phenoxy) is 1. The Hall–Kier alpha value is -1.30. The van der Waals surface area contributed by atoms with Crippen LogP contribution in [0.5, 0.6) is 0 Å². The van der Waals surface area contributed by atoms with Crippen molar-refractivity contribution in [1.82, 2.24) is 9.80 Å². The van der Waals surface area contributed by atoms with Crippen LogP contribution in [0.1, 0.15) is 33.1 Å². The van der Waals surface area contributed by atoms with E-state index in [4.69, 9.17) is 9.84 Å². The Morgan fingerprint density at radius 3 is 2.53 bits per heavy atom. The Balaban J connectivity index is 2.62. The Bertz CT molecular complexity index is 316. The lowest BCUT2D eigenvalue weighted by atomic mass is 10.2. The van der Waals surface area contributed by atoms with Gasteiger partial charge in [0.05, 0.1) is 6.10 Å². The molecule has 0 aromatic carbocycles. The van der Waals surface area contributed by atoms with Gasteiger partial charge in [0.2, 0.25) is 0 Å². The van der Waals surface area contributed by atoms with Crippen LogP contribution in [0.2, 0.25) is 0 Å². The summed E-state index contributed by atoms with van der Waals surface area (Å²) in [6.45, 7) is 5.50. The highest BCUT2D eigenvalue weighted by Gasteiger charge is 2.29. The number of hydrogen-bond donors (Lipinski definition) is 1. The zero-order valence-corrected chi connectivity index (χ0v) is 12.0. The van der Waals surface area contributed by atoms with Gasteiger partial charge in [0, 0.05) is 26.7 Å². The summed E-state index contributed by atoms with van der Waals surface area (Å²) in [4.78, 5) is 26.4. The average Bonchev–Trinajstić information content (AvgIpc) is 2.88. The molecule has 1 aliphatic heterocycles. The highest BCUT2D eigenvalue weighted by atomic mass is 16.5. The fourth-order valence-electron chi connectivity index (χ4n) is 2.35. The van der Waals surface area contributed by atoms with Crippen LogP contribution in [0.25, 0.3) is 0 Å². The number of urea groups is 1. The fraction of sp³-hybridized carbons (Fsp3) is 0.846. The molecule has 1 aliphatic rings. The largest absolute Gasteiger partial charge is 0.480 e. The van der Waals surface area contributed by atoms with Gasteiger partial charge in [-0.15, -0.1) is 0 Å². The molecule has 2 atom stereocenters. The van der Waals surface area contributed by atoms with Gasteiger partial charge in [-0.05, 0) is 26.2 Å². The Kier molecular flexibility index (Phi) is 6.08. The first-order valence-corrected chi connectivity index (χ1v) is 6.87. The monoisotopic (exact) mass is 272 g/mol. The van der Waals surface area contributed by atoms with Crippen molar-refractivity contribution < 1.29 is 19.4 Å². The van der Waals surface area contributed by atoms with E-state index in [1.165, 1.54) is 4.90 Å². The van der Waals surface area contributed by atoms with Gasteiger partial charge in [0.15, 0.2) is 0 Å². The van der Waals surface area contributed by atoms with E-state index in [1.807, 2.05) is 6.92 Å². The molecule has 0 saturated carbocycles. The van der Waals surface area contributed by atoms with Crippen LogP contribution >= 0.6 is 0 Å². The minimum Gasteiger partial charge on any atom is -0.480 e. The van der Waals surface area contributed by atoms with Gasteiger partial charge < -0.3 is 19.6 Å². The van der Waals surface area contributed by atoms with E-state index >= 15 is 0 Å². The van der Waals surface area contributed by atoms with E-state index in [-0.39, 0.29) is 12.1 Å². The van der Waals surface area contributed by atoms with E-state index in [9.17, 15) is 9.59 Å². The number of carboxylic acid groups (broad SMARTS) is 1. The van der Waals surface area contributed by atoms with Crippen LogP contribution in [-0.2, 0) is 9.53 Å². The summed E-state index contributed by atoms with van der Waals surface area (Å²) in [6.07, 6.45) is 2.47. The molecule has 110 valence electrons. The van der Waals surface area contributed by atoms with Gasteiger partial charge in [-0.3, -0.25) is 0 Å². The van der Waals surface area contributed by atoms with Crippen molar-refractivity contribution in [1.29, 1.82) is 0 Å². The third kappa shape index (κ3) is 4.09. The topological polar surface area (TPSA) is 70.1 Å². The number of aliphatic carboxylic acids is 1. The molecule has 1 rings (SSSR count). The molecule has 0 radical (unpaired) electrons. The maximum absolute atomic E-state index is 12.3. The molecule has 0 aromatic rings. The molecular formula is C13H24N2O4. The Labute approximate surface area is 114 Å². The standard InChI is InChI=1S/C13H24N2O4/c1-4-11(12(16)17)14(3)13(18)15(5-2)9-10-7-6-8-19-10/h10-11H,4-9H2,1-3H3,(H,16,17). The van der Waals surface area contributed by atoms with Crippen molar-refractivity contribution in [2.24, 2.45) is 0 Å². The summed E-state index contributed by atoms with van der Waals surface area (Å²) in [5.41, 5.74) is 0.